The van der Waals surface area contributed by atoms with Crippen LogP contribution in [0.3, 0.4) is 0 Å². The topological polar surface area (TPSA) is 71.1 Å². The van der Waals surface area contributed by atoms with E-state index in [1.165, 1.54) is 4.90 Å². The van der Waals surface area contributed by atoms with Crippen LogP contribution in [0.1, 0.15) is 18.0 Å². The number of nitrogens with one attached hydrogen (secondary N) is 1. The number of ether oxygens (including phenoxy) is 2. The van der Waals surface area contributed by atoms with Crippen molar-refractivity contribution >= 4 is 11.9 Å². The van der Waals surface area contributed by atoms with Gasteiger partial charge in [-0.2, -0.15) is 0 Å². The molecule has 0 bridgehead atoms. The van der Waals surface area contributed by atoms with E-state index < -0.39 is 6.04 Å². The highest BCUT2D eigenvalue weighted by molar-refractivity contribution is 6.01. The predicted molar refractivity (Wildman–Crippen MR) is 92.1 cm³/mol. The van der Waals surface area contributed by atoms with E-state index in [2.05, 4.69) is 5.32 Å². The van der Waals surface area contributed by atoms with Crippen molar-refractivity contribution in [2.45, 2.75) is 12.5 Å². The van der Waals surface area contributed by atoms with Gasteiger partial charge in [-0.25, -0.2) is 4.79 Å². The van der Waals surface area contributed by atoms with Gasteiger partial charge in [0, 0.05) is 32.9 Å². The van der Waals surface area contributed by atoms with Crippen molar-refractivity contribution < 1.29 is 19.1 Å². The molecule has 0 aliphatic carbocycles. The second-order valence-corrected chi connectivity index (χ2v) is 6.12. The van der Waals surface area contributed by atoms with Crippen LogP contribution in [0.4, 0.5) is 4.79 Å². The Kier molecular flexibility index (Phi) is 4.94. The number of hydrogen-bond acceptors (Lipinski definition) is 4. The summed E-state index contributed by atoms with van der Waals surface area (Å²) in [5, 5.41) is 2.92. The van der Waals surface area contributed by atoms with Gasteiger partial charge in [-0.1, -0.05) is 18.2 Å². The Morgan fingerprint density at radius 3 is 2.72 bits per heavy atom. The van der Waals surface area contributed by atoms with Crippen molar-refractivity contribution in [2.24, 2.45) is 0 Å². The molecule has 1 atom stereocenters. The Labute approximate surface area is 147 Å². The summed E-state index contributed by atoms with van der Waals surface area (Å²) in [5.74, 6) is 0.601. The molecule has 3 amide bonds. The minimum atomic E-state index is -0.505. The van der Waals surface area contributed by atoms with Crippen LogP contribution in [0.15, 0.2) is 35.5 Å². The van der Waals surface area contributed by atoms with Crippen molar-refractivity contribution in [1.82, 2.24) is 15.1 Å². The Balaban J connectivity index is 1.95. The van der Waals surface area contributed by atoms with Crippen LogP contribution in [-0.2, 0) is 9.53 Å². The molecular formula is C18H23N3O4. The highest BCUT2D eigenvalue weighted by Gasteiger charge is 2.43. The summed E-state index contributed by atoms with van der Waals surface area (Å²) in [7, 11) is 4.91. The fourth-order valence-corrected chi connectivity index (χ4v) is 3.34. The molecule has 3 rings (SSSR count). The lowest BCUT2D eigenvalue weighted by Crippen LogP contribution is -2.45. The van der Waals surface area contributed by atoms with Crippen molar-refractivity contribution in [1.29, 1.82) is 0 Å². The van der Waals surface area contributed by atoms with E-state index in [9.17, 15) is 9.59 Å². The standard InChI is InChI=1S/C18H23N3O4/c1-20-13-11-21(9-6-10-24-2)17(22)15(13)16(19-18(20)23)12-7-4-5-8-14(12)25-3/h4-5,7-8,16H,6,9-11H2,1-3H3,(H,19,23). The number of nitrogens with zero attached hydrogens (tertiary/aromatic N) is 2. The number of carbonyl (C=O) groups is 2. The first-order valence-electron chi connectivity index (χ1n) is 8.26. The maximum atomic E-state index is 13.0. The monoisotopic (exact) mass is 345 g/mol. The number of rotatable bonds is 6. The first kappa shape index (κ1) is 17.3. The molecule has 0 radical (unpaired) electrons. The lowest BCUT2D eigenvalue weighted by Gasteiger charge is -2.31. The van der Waals surface area contributed by atoms with Gasteiger partial charge in [-0.05, 0) is 12.5 Å². The average Bonchev–Trinajstić information content (AvgIpc) is 2.95. The largest absolute Gasteiger partial charge is 0.496 e. The molecule has 25 heavy (non-hydrogen) atoms. The van der Waals surface area contributed by atoms with E-state index in [1.54, 1.807) is 26.2 Å². The Bertz CT molecular complexity index is 716. The van der Waals surface area contributed by atoms with Gasteiger partial charge in [-0.15, -0.1) is 0 Å². The second kappa shape index (κ2) is 7.14. The molecule has 2 aliphatic rings. The maximum Gasteiger partial charge on any atom is 0.322 e. The minimum absolute atomic E-state index is 0.0474. The quantitative estimate of drug-likeness (QED) is 0.794. The zero-order chi connectivity index (χ0) is 18.0. The fraction of sp³-hybridized carbons (Fsp3) is 0.444. The number of hydrogen-bond donors (Lipinski definition) is 1. The highest BCUT2D eigenvalue weighted by atomic mass is 16.5. The van der Waals surface area contributed by atoms with Gasteiger partial charge in [0.2, 0.25) is 0 Å². The molecule has 1 N–H and O–H groups in total. The second-order valence-electron chi connectivity index (χ2n) is 6.12. The summed E-state index contributed by atoms with van der Waals surface area (Å²) < 4.78 is 10.5. The van der Waals surface area contributed by atoms with E-state index in [0.717, 1.165) is 17.7 Å². The summed E-state index contributed by atoms with van der Waals surface area (Å²) >= 11 is 0. The van der Waals surface area contributed by atoms with Crippen molar-refractivity contribution in [3.63, 3.8) is 0 Å². The smallest absolute Gasteiger partial charge is 0.322 e. The van der Waals surface area contributed by atoms with Gasteiger partial charge >= 0.3 is 6.03 Å². The lowest BCUT2D eigenvalue weighted by atomic mass is 9.95. The highest BCUT2D eigenvalue weighted by Crippen LogP contribution is 2.38. The zero-order valence-electron chi connectivity index (χ0n) is 14.7. The normalized spacial score (nSPS) is 20.0. The molecule has 1 aromatic rings. The van der Waals surface area contributed by atoms with E-state index in [1.807, 2.05) is 24.3 Å². The van der Waals surface area contributed by atoms with E-state index in [-0.39, 0.29) is 11.9 Å². The number of carbonyl (C=O) groups excluding carboxylic acids is 2. The Hall–Kier alpha value is -2.54. The number of para-hydroxylation sites is 1. The lowest BCUT2D eigenvalue weighted by molar-refractivity contribution is -0.125. The summed E-state index contributed by atoms with van der Waals surface area (Å²) in [4.78, 5) is 28.7. The molecule has 0 saturated heterocycles. The van der Waals surface area contributed by atoms with Crippen LogP contribution in [0, 0.1) is 0 Å². The van der Waals surface area contributed by atoms with E-state index in [4.69, 9.17) is 9.47 Å². The molecule has 0 aromatic heterocycles. The number of methoxy groups -OCH3 is 2. The molecule has 0 spiro atoms. The van der Waals surface area contributed by atoms with Crippen LogP contribution < -0.4 is 10.1 Å². The number of likely N-dealkylation sites (N-methyl/N-ethyl adjacent to an activating group) is 1. The third kappa shape index (κ3) is 3.07. The fourth-order valence-electron chi connectivity index (χ4n) is 3.34. The van der Waals surface area contributed by atoms with E-state index >= 15 is 0 Å². The summed E-state index contributed by atoms with van der Waals surface area (Å²) in [6, 6.07) is 6.72. The van der Waals surface area contributed by atoms with Crippen LogP contribution >= 0.6 is 0 Å². The molecule has 2 heterocycles. The number of benzene rings is 1. The average molecular weight is 345 g/mol. The number of amides is 3. The molecule has 0 fully saturated rings. The van der Waals surface area contributed by atoms with Crippen molar-refractivity contribution in [3.8, 4) is 5.75 Å². The SMILES string of the molecule is COCCCN1CC2=C(C1=O)C(c1ccccc1OC)NC(=O)N2C. The number of urea groups is 1. The zero-order valence-corrected chi connectivity index (χ0v) is 14.7. The summed E-state index contributed by atoms with van der Waals surface area (Å²) in [5.41, 5.74) is 2.15. The van der Waals surface area contributed by atoms with Crippen LogP contribution in [-0.4, -0.2) is 62.7 Å². The van der Waals surface area contributed by atoms with Gasteiger partial charge < -0.3 is 19.7 Å². The van der Waals surface area contributed by atoms with Gasteiger partial charge in [0.15, 0.2) is 0 Å². The summed E-state index contributed by atoms with van der Waals surface area (Å²) in [6.45, 7) is 1.63. The van der Waals surface area contributed by atoms with Gasteiger partial charge in [0.05, 0.1) is 31.0 Å². The third-order valence-electron chi connectivity index (χ3n) is 4.66. The van der Waals surface area contributed by atoms with Crippen molar-refractivity contribution in [3.05, 3.63) is 41.1 Å². The molecule has 1 unspecified atom stereocenters. The molecular weight excluding hydrogens is 322 g/mol. The van der Waals surface area contributed by atoms with Gasteiger partial charge in [0.1, 0.15) is 5.75 Å². The molecule has 0 saturated carbocycles. The molecule has 1 aromatic carbocycles. The molecule has 134 valence electrons. The maximum absolute atomic E-state index is 13.0. The van der Waals surface area contributed by atoms with Crippen LogP contribution in [0.2, 0.25) is 0 Å². The van der Waals surface area contributed by atoms with E-state index in [0.29, 0.717) is 31.0 Å². The minimum Gasteiger partial charge on any atom is -0.496 e. The first-order valence-corrected chi connectivity index (χ1v) is 8.26. The Morgan fingerprint density at radius 2 is 2.00 bits per heavy atom. The predicted octanol–water partition coefficient (Wildman–Crippen LogP) is 1.52. The van der Waals surface area contributed by atoms with Gasteiger partial charge in [0.25, 0.3) is 5.91 Å². The summed E-state index contributed by atoms with van der Waals surface area (Å²) in [6.07, 6.45) is 0.757. The molecule has 7 heteroatoms. The Morgan fingerprint density at radius 1 is 1.24 bits per heavy atom. The molecule has 7 nitrogen and oxygen atoms in total. The van der Waals surface area contributed by atoms with Crippen molar-refractivity contribution in [2.75, 3.05) is 41.0 Å². The first-order chi connectivity index (χ1) is 12.1. The van der Waals surface area contributed by atoms with Gasteiger partial charge in [-0.3, -0.25) is 9.69 Å². The third-order valence-corrected chi connectivity index (χ3v) is 4.66. The molecule has 2 aliphatic heterocycles. The van der Waals surface area contributed by atoms with Crippen LogP contribution in [0.25, 0.3) is 0 Å². The van der Waals surface area contributed by atoms with Crippen LogP contribution in [0.5, 0.6) is 5.75 Å².